The molecule has 6 nitrogen and oxygen atoms in total. The first-order valence-electron chi connectivity index (χ1n) is 7.91. The minimum atomic E-state index is -0.227. The molecule has 1 amide bonds. The molecule has 2 aromatic heterocycles. The molecule has 0 aliphatic carbocycles. The molecule has 1 unspecified atom stereocenters. The summed E-state index contributed by atoms with van der Waals surface area (Å²) < 4.78 is 1.81. The SMILES string of the molecule is CCC(C)n1nccc1NC(=O)/C=C/c1cnc2ccccc2n1. The molecule has 0 aliphatic rings. The van der Waals surface area contributed by atoms with E-state index in [1.165, 1.54) is 6.08 Å². The average Bonchev–Trinajstić information content (AvgIpc) is 3.07. The first kappa shape index (κ1) is 15.9. The fraction of sp³-hybridized carbons (Fsp3) is 0.222. The first-order valence-corrected chi connectivity index (χ1v) is 7.91. The van der Waals surface area contributed by atoms with Gasteiger partial charge in [0.15, 0.2) is 0 Å². The van der Waals surface area contributed by atoms with Crippen molar-refractivity contribution in [1.82, 2.24) is 19.7 Å². The van der Waals surface area contributed by atoms with Gasteiger partial charge in [-0.2, -0.15) is 5.10 Å². The van der Waals surface area contributed by atoms with Gasteiger partial charge in [-0.1, -0.05) is 19.1 Å². The number of para-hydroxylation sites is 2. The lowest BCUT2D eigenvalue weighted by atomic mass is 10.3. The molecular formula is C18H19N5O. The normalized spacial score (nSPS) is 12.6. The molecule has 0 radical (unpaired) electrons. The molecule has 6 heteroatoms. The number of amides is 1. The van der Waals surface area contributed by atoms with Crippen LogP contribution in [0.15, 0.2) is 48.8 Å². The van der Waals surface area contributed by atoms with Crippen molar-refractivity contribution in [1.29, 1.82) is 0 Å². The molecule has 1 atom stereocenters. The molecule has 0 bridgehead atoms. The van der Waals surface area contributed by atoms with Crippen molar-refractivity contribution in [3.63, 3.8) is 0 Å². The predicted molar refractivity (Wildman–Crippen MR) is 94.4 cm³/mol. The third-order valence-electron chi connectivity index (χ3n) is 3.80. The summed E-state index contributed by atoms with van der Waals surface area (Å²) in [5.74, 6) is 0.457. The largest absolute Gasteiger partial charge is 0.307 e. The van der Waals surface area contributed by atoms with Gasteiger partial charge in [0.05, 0.1) is 35.2 Å². The third kappa shape index (κ3) is 3.48. The number of carbonyl (C=O) groups excluding carboxylic acids is 1. The van der Waals surface area contributed by atoms with E-state index in [9.17, 15) is 4.79 Å². The van der Waals surface area contributed by atoms with Crippen LogP contribution < -0.4 is 5.32 Å². The standard InChI is InChI=1S/C18H19N5O/c1-3-13(2)23-17(10-11-20-23)22-18(24)9-8-14-12-19-15-6-4-5-7-16(15)21-14/h4-13H,3H2,1-2H3,(H,22,24)/b9-8+. The molecule has 1 aromatic carbocycles. The van der Waals surface area contributed by atoms with Crippen LogP contribution in [0.2, 0.25) is 0 Å². The van der Waals surface area contributed by atoms with Gasteiger partial charge in [0.25, 0.3) is 0 Å². The molecule has 2 heterocycles. The molecule has 0 spiro atoms. The zero-order valence-electron chi connectivity index (χ0n) is 13.7. The van der Waals surface area contributed by atoms with Gasteiger partial charge in [0.1, 0.15) is 5.82 Å². The molecule has 0 aliphatic heterocycles. The summed E-state index contributed by atoms with van der Waals surface area (Å²) in [5.41, 5.74) is 2.27. The maximum absolute atomic E-state index is 12.1. The Morgan fingerprint density at radius 1 is 1.29 bits per heavy atom. The summed E-state index contributed by atoms with van der Waals surface area (Å²) in [6.45, 7) is 4.14. The molecule has 0 saturated carbocycles. The summed E-state index contributed by atoms with van der Waals surface area (Å²) in [6, 6.07) is 9.63. The number of benzene rings is 1. The zero-order valence-corrected chi connectivity index (χ0v) is 13.7. The second kappa shape index (κ2) is 7.04. The summed E-state index contributed by atoms with van der Waals surface area (Å²) in [5, 5.41) is 7.09. The molecule has 3 rings (SSSR count). The minimum Gasteiger partial charge on any atom is -0.307 e. The lowest BCUT2D eigenvalue weighted by molar-refractivity contribution is -0.111. The Morgan fingerprint density at radius 3 is 2.88 bits per heavy atom. The molecule has 0 saturated heterocycles. The van der Waals surface area contributed by atoms with E-state index in [0.717, 1.165) is 17.5 Å². The molecule has 1 N–H and O–H groups in total. The van der Waals surface area contributed by atoms with E-state index in [1.807, 2.05) is 28.9 Å². The lowest BCUT2D eigenvalue weighted by Gasteiger charge is -2.13. The van der Waals surface area contributed by atoms with Crippen molar-refractivity contribution in [2.75, 3.05) is 5.32 Å². The van der Waals surface area contributed by atoms with E-state index >= 15 is 0 Å². The van der Waals surface area contributed by atoms with Crippen molar-refractivity contribution in [3.05, 3.63) is 54.5 Å². The second-order valence-electron chi connectivity index (χ2n) is 5.52. The first-order chi connectivity index (χ1) is 11.7. The Hall–Kier alpha value is -3.02. The lowest BCUT2D eigenvalue weighted by Crippen LogP contribution is -2.15. The number of fused-ring (bicyclic) bond motifs is 1. The molecule has 3 aromatic rings. The number of nitrogens with one attached hydrogen (secondary N) is 1. The Morgan fingerprint density at radius 2 is 2.08 bits per heavy atom. The van der Waals surface area contributed by atoms with Gasteiger partial charge in [-0.15, -0.1) is 0 Å². The van der Waals surface area contributed by atoms with Crippen molar-refractivity contribution >= 4 is 28.8 Å². The Kier molecular flexibility index (Phi) is 4.65. The summed E-state index contributed by atoms with van der Waals surface area (Å²) in [7, 11) is 0. The highest BCUT2D eigenvalue weighted by Gasteiger charge is 2.09. The van der Waals surface area contributed by atoms with Crippen LogP contribution in [0, 0.1) is 0 Å². The van der Waals surface area contributed by atoms with Gasteiger partial charge in [-0.3, -0.25) is 9.78 Å². The Bertz CT molecular complexity index is 884. The topological polar surface area (TPSA) is 72.7 Å². The van der Waals surface area contributed by atoms with Crippen LogP contribution in [0.1, 0.15) is 32.0 Å². The van der Waals surface area contributed by atoms with Gasteiger partial charge in [0, 0.05) is 12.1 Å². The Labute approximate surface area is 140 Å². The van der Waals surface area contributed by atoms with Gasteiger partial charge < -0.3 is 5.32 Å². The van der Waals surface area contributed by atoms with Crippen molar-refractivity contribution in [2.45, 2.75) is 26.3 Å². The van der Waals surface area contributed by atoms with Gasteiger partial charge >= 0.3 is 0 Å². The predicted octanol–water partition coefficient (Wildman–Crippen LogP) is 3.45. The number of rotatable bonds is 5. The van der Waals surface area contributed by atoms with Crippen LogP contribution in [-0.4, -0.2) is 25.7 Å². The second-order valence-corrected chi connectivity index (χ2v) is 5.52. The highest BCUT2D eigenvalue weighted by molar-refractivity contribution is 6.01. The van der Waals surface area contributed by atoms with E-state index < -0.39 is 0 Å². The summed E-state index contributed by atoms with van der Waals surface area (Å²) in [6.07, 6.45) is 7.37. The summed E-state index contributed by atoms with van der Waals surface area (Å²) >= 11 is 0. The van der Waals surface area contributed by atoms with Gasteiger partial charge in [0.2, 0.25) is 5.91 Å². The fourth-order valence-corrected chi connectivity index (χ4v) is 2.32. The molecule has 0 fully saturated rings. The maximum Gasteiger partial charge on any atom is 0.249 e. The number of nitrogens with zero attached hydrogens (tertiary/aromatic N) is 4. The van der Waals surface area contributed by atoms with Gasteiger partial charge in [-0.25, -0.2) is 9.67 Å². The average molecular weight is 321 g/mol. The number of aromatic nitrogens is 4. The Balaban J connectivity index is 1.72. The number of hydrogen-bond acceptors (Lipinski definition) is 4. The van der Waals surface area contributed by atoms with Crippen LogP contribution in [0.5, 0.6) is 0 Å². The van der Waals surface area contributed by atoms with E-state index in [4.69, 9.17) is 0 Å². The molecular weight excluding hydrogens is 302 g/mol. The smallest absolute Gasteiger partial charge is 0.249 e. The number of anilines is 1. The van der Waals surface area contributed by atoms with Crippen LogP contribution in [0.4, 0.5) is 5.82 Å². The van der Waals surface area contributed by atoms with Gasteiger partial charge in [-0.05, 0) is 31.6 Å². The maximum atomic E-state index is 12.1. The van der Waals surface area contributed by atoms with Crippen LogP contribution in [-0.2, 0) is 4.79 Å². The number of hydrogen-bond donors (Lipinski definition) is 1. The third-order valence-corrected chi connectivity index (χ3v) is 3.80. The van der Waals surface area contributed by atoms with E-state index in [0.29, 0.717) is 11.5 Å². The number of carbonyl (C=O) groups is 1. The van der Waals surface area contributed by atoms with E-state index in [1.54, 1.807) is 24.5 Å². The molecule has 122 valence electrons. The van der Waals surface area contributed by atoms with Crippen molar-refractivity contribution in [3.8, 4) is 0 Å². The van der Waals surface area contributed by atoms with E-state index in [-0.39, 0.29) is 11.9 Å². The summed E-state index contributed by atoms with van der Waals surface area (Å²) in [4.78, 5) is 20.9. The monoisotopic (exact) mass is 321 g/mol. The zero-order chi connectivity index (χ0) is 16.9. The fourth-order valence-electron chi connectivity index (χ4n) is 2.32. The quantitative estimate of drug-likeness (QED) is 0.731. The van der Waals surface area contributed by atoms with Crippen LogP contribution >= 0.6 is 0 Å². The molecule has 24 heavy (non-hydrogen) atoms. The highest BCUT2D eigenvalue weighted by atomic mass is 16.1. The van der Waals surface area contributed by atoms with E-state index in [2.05, 4.69) is 34.2 Å². The highest BCUT2D eigenvalue weighted by Crippen LogP contribution is 2.16. The van der Waals surface area contributed by atoms with Crippen LogP contribution in [0.3, 0.4) is 0 Å². The minimum absolute atomic E-state index is 0.227. The van der Waals surface area contributed by atoms with Crippen molar-refractivity contribution < 1.29 is 4.79 Å². The van der Waals surface area contributed by atoms with Crippen LogP contribution in [0.25, 0.3) is 17.1 Å². The van der Waals surface area contributed by atoms with Crippen molar-refractivity contribution in [2.24, 2.45) is 0 Å².